The van der Waals surface area contributed by atoms with Crippen LogP contribution in [0.15, 0.2) is 4.99 Å². The number of sulfone groups is 1. The van der Waals surface area contributed by atoms with Crippen LogP contribution in [-0.2, 0) is 14.6 Å². The van der Waals surface area contributed by atoms with Crippen LogP contribution in [0.4, 0.5) is 0 Å². The Bertz CT molecular complexity index is 523. The van der Waals surface area contributed by atoms with Crippen molar-refractivity contribution in [3.05, 3.63) is 0 Å². The van der Waals surface area contributed by atoms with Gasteiger partial charge in [0.2, 0.25) is 5.91 Å². The monoisotopic (exact) mass is 346 g/mol. The maximum Gasteiger partial charge on any atom is 0.230 e. The van der Waals surface area contributed by atoms with E-state index in [1.54, 1.807) is 19.0 Å². The highest BCUT2D eigenvalue weighted by Crippen LogP contribution is 2.39. The van der Waals surface area contributed by atoms with E-state index < -0.39 is 15.3 Å². The highest BCUT2D eigenvalue weighted by Gasteiger charge is 2.41. The molecule has 0 aromatic rings. The van der Waals surface area contributed by atoms with Crippen molar-refractivity contribution in [1.82, 2.24) is 15.5 Å². The van der Waals surface area contributed by atoms with Crippen LogP contribution in [0.25, 0.3) is 0 Å². The summed E-state index contributed by atoms with van der Waals surface area (Å²) in [5, 5.41) is 6.12. The van der Waals surface area contributed by atoms with E-state index in [-0.39, 0.29) is 11.7 Å². The third-order valence-corrected chi connectivity index (χ3v) is 5.02. The van der Waals surface area contributed by atoms with Gasteiger partial charge in [-0.15, -0.1) is 0 Å². The predicted molar refractivity (Wildman–Crippen MR) is 93.3 cm³/mol. The molecule has 1 aliphatic rings. The van der Waals surface area contributed by atoms with E-state index in [1.165, 1.54) is 6.26 Å². The molecule has 1 amide bonds. The van der Waals surface area contributed by atoms with Crippen molar-refractivity contribution in [3.63, 3.8) is 0 Å². The molecule has 134 valence electrons. The maximum atomic E-state index is 12.5. The second kappa shape index (κ2) is 8.52. The Morgan fingerprint density at radius 2 is 1.83 bits per heavy atom. The quantitative estimate of drug-likeness (QED) is 0.509. The van der Waals surface area contributed by atoms with Gasteiger partial charge in [0.1, 0.15) is 9.84 Å². The van der Waals surface area contributed by atoms with Gasteiger partial charge in [-0.3, -0.25) is 9.79 Å². The van der Waals surface area contributed by atoms with Gasteiger partial charge in [0.15, 0.2) is 5.96 Å². The first-order valence-corrected chi connectivity index (χ1v) is 10.2. The van der Waals surface area contributed by atoms with Gasteiger partial charge in [-0.25, -0.2) is 8.42 Å². The molecule has 7 nitrogen and oxygen atoms in total. The second-order valence-corrected chi connectivity index (χ2v) is 8.70. The highest BCUT2D eigenvalue weighted by atomic mass is 32.2. The lowest BCUT2D eigenvalue weighted by atomic mass is 9.85. The van der Waals surface area contributed by atoms with Gasteiger partial charge in [-0.05, 0) is 19.8 Å². The van der Waals surface area contributed by atoms with Crippen molar-refractivity contribution in [2.24, 2.45) is 10.4 Å². The molecule has 0 heterocycles. The van der Waals surface area contributed by atoms with E-state index in [2.05, 4.69) is 15.6 Å². The average molecular weight is 346 g/mol. The van der Waals surface area contributed by atoms with E-state index in [9.17, 15) is 13.2 Å². The Labute approximate surface area is 139 Å². The van der Waals surface area contributed by atoms with Crippen LogP contribution in [0, 0.1) is 5.41 Å². The summed E-state index contributed by atoms with van der Waals surface area (Å²) in [6, 6.07) is 0. The topological polar surface area (TPSA) is 90.9 Å². The summed E-state index contributed by atoms with van der Waals surface area (Å²) >= 11 is 0. The molecule has 1 fully saturated rings. The van der Waals surface area contributed by atoms with Gasteiger partial charge in [0.25, 0.3) is 0 Å². The summed E-state index contributed by atoms with van der Waals surface area (Å²) in [7, 11) is 0.551. The van der Waals surface area contributed by atoms with E-state index >= 15 is 0 Å². The van der Waals surface area contributed by atoms with Gasteiger partial charge >= 0.3 is 0 Å². The normalized spacial score (nSPS) is 17.8. The maximum absolute atomic E-state index is 12.5. The fourth-order valence-corrected chi connectivity index (χ4v) is 3.37. The molecule has 0 saturated heterocycles. The molecule has 23 heavy (non-hydrogen) atoms. The number of aliphatic imine (C=N–C) groups is 1. The summed E-state index contributed by atoms with van der Waals surface area (Å²) in [6.07, 6.45) is 5.02. The number of carbonyl (C=O) groups is 1. The number of nitrogens with zero attached hydrogens (tertiary/aromatic N) is 2. The van der Waals surface area contributed by atoms with Crippen LogP contribution >= 0.6 is 0 Å². The smallest absolute Gasteiger partial charge is 0.230 e. The van der Waals surface area contributed by atoms with Gasteiger partial charge in [-0.1, -0.05) is 12.8 Å². The number of amides is 1. The number of carbonyl (C=O) groups excluding carboxylic acids is 1. The minimum Gasteiger partial charge on any atom is -0.357 e. The molecule has 0 atom stereocenters. The lowest BCUT2D eigenvalue weighted by Crippen LogP contribution is -2.43. The largest absolute Gasteiger partial charge is 0.357 e. The van der Waals surface area contributed by atoms with Gasteiger partial charge in [0.05, 0.1) is 17.7 Å². The molecular weight excluding hydrogens is 316 g/mol. The van der Waals surface area contributed by atoms with E-state index in [0.29, 0.717) is 25.6 Å². The standard InChI is InChI=1S/C15H30N4O3S/c1-5-16-14(17-10-11-23(4,21)22)18-12-15(8-6-7-9-15)13(20)19(2)3/h5-12H2,1-4H3,(H2,16,17,18). The minimum absolute atomic E-state index is 0.0547. The molecule has 2 N–H and O–H groups in total. The first kappa shape index (κ1) is 19.7. The first-order valence-electron chi connectivity index (χ1n) is 8.12. The lowest BCUT2D eigenvalue weighted by molar-refractivity contribution is -0.138. The number of rotatable bonds is 7. The second-order valence-electron chi connectivity index (χ2n) is 6.44. The van der Waals surface area contributed by atoms with Crippen LogP contribution < -0.4 is 10.6 Å². The van der Waals surface area contributed by atoms with E-state index in [1.807, 2.05) is 6.92 Å². The zero-order chi connectivity index (χ0) is 17.5. The Balaban J connectivity index is 2.75. The number of nitrogens with one attached hydrogen (secondary N) is 2. The van der Waals surface area contributed by atoms with Crippen molar-refractivity contribution in [2.75, 3.05) is 45.7 Å². The summed E-state index contributed by atoms with van der Waals surface area (Å²) in [4.78, 5) is 18.7. The number of guanidine groups is 1. The Morgan fingerprint density at radius 3 is 2.30 bits per heavy atom. The molecule has 0 aromatic carbocycles. The van der Waals surface area contributed by atoms with Crippen LogP contribution in [-0.4, -0.2) is 70.9 Å². The van der Waals surface area contributed by atoms with Crippen LogP contribution in [0.2, 0.25) is 0 Å². The Hall–Kier alpha value is -1.31. The fraction of sp³-hybridized carbons (Fsp3) is 0.867. The van der Waals surface area contributed by atoms with Gasteiger partial charge < -0.3 is 15.5 Å². The Kier molecular flexibility index (Phi) is 7.31. The molecule has 1 saturated carbocycles. The van der Waals surface area contributed by atoms with Crippen molar-refractivity contribution in [2.45, 2.75) is 32.6 Å². The molecule has 1 aliphatic carbocycles. The van der Waals surface area contributed by atoms with Crippen LogP contribution in [0.3, 0.4) is 0 Å². The zero-order valence-electron chi connectivity index (χ0n) is 14.7. The molecule has 0 radical (unpaired) electrons. The molecule has 0 bridgehead atoms. The van der Waals surface area contributed by atoms with Gasteiger partial charge in [0, 0.05) is 33.4 Å². The summed E-state index contributed by atoms with van der Waals surface area (Å²) in [5.74, 6) is 0.749. The molecule has 0 unspecified atom stereocenters. The first-order chi connectivity index (χ1) is 10.7. The molecule has 0 aliphatic heterocycles. The molecular formula is C15H30N4O3S. The number of hydrogen-bond donors (Lipinski definition) is 2. The lowest BCUT2D eigenvalue weighted by Gasteiger charge is -2.29. The van der Waals surface area contributed by atoms with E-state index in [4.69, 9.17) is 0 Å². The van der Waals surface area contributed by atoms with Crippen molar-refractivity contribution in [3.8, 4) is 0 Å². The SMILES string of the molecule is CCNC(=NCC1(C(=O)N(C)C)CCCC1)NCCS(C)(=O)=O. The Morgan fingerprint density at radius 1 is 1.22 bits per heavy atom. The molecule has 1 rings (SSSR count). The van der Waals surface area contributed by atoms with Crippen molar-refractivity contribution >= 4 is 21.7 Å². The summed E-state index contributed by atoms with van der Waals surface area (Å²) < 4.78 is 22.4. The third kappa shape index (κ3) is 6.37. The summed E-state index contributed by atoms with van der Waals surface area (Å²) in [6.45, 7) is 3.36. The molecule has 8 heteroatoms. The van der Waals surface area contributed by atoms with Gasteiger partial charge in [-0.2, -0.15) is 0 Å². The zero-order valence-corrected chi connectivity index (χ0v) is 15.5. The summed E-state index contributed by atoms with van der Waals surface area (Å²) in [5.41, 5.74) is -0.414. The van der Waals surface area contributed by atoms with E-state index in [0.717, 1.165) is 25.7 Å². The van der Waals surface area contributed by atoms with Crippen LogP contribution in [0.5, 0.6) is 0 Å². The van der Waals surface area contributed by atoms with Crippen molar-refractivity contribution in [1.29, 1.82) is 0 Å². The van der Waals surface area contributed by atoms with Crippen LogP contribution in [0.1, 0.15) is 32.6 Å². The number of hydrogen-bond acceptors (Lipinski definition) is 4. The molecule has 0 aromatic heterocycles. The minimum atomic E-state index is -3.01. The fourth-order valence-electron chi connectivity index (χ4n) is 2.89. The highest BCUT2D eigenvalue weighted by molar-refractivity contribution is 7.90. The van der Waals surface area contributed by atoms with Crippen molar-refractivity contribution < 1.29 is 13.2 Å². The molecule has 0 spiro atoms. The third-order valence-electron chi connectivity index (χ3n) is 4.07. The predicted octanol–water partition coefficient (Wildman–Crippen LogP) is 0.235. The average Bonchev–Trinajstić information content (AvgIpc) is 2.92.